The average molecular weight is 353 g/mol. The van der Waals surface area contributed by atoms with E-state index >= 15 is 0 Å². The largest absolute Gasteiger partial charge is 0.497 e. The third-order valence-corrected chi connectivity index (χ3v) is 5.15. The maximum absolute atomic E-state index is 13.1. The number of nitrogens with zero attached hydrogens (tertiary/aromatic N) is 2. The molecule has 0 aliphatic carbocycles. The first kappa shape index (κ1) is 16.9. The van der Waals surface area contributed by atoms with Crippen LogP contribution >= 0.6 is 0 Å². The summed E-state index contributed by atoms with van der Waals surface area (Å²) in [7, 11) is 5.53. The highest BCUT2D eigenvalue weighted by Crippen LogP contribution is 2.41. The van der Waals surface area contributed by atoms with Crippen LogP contribution in [0.1, 0.15) is 27.7 Å². The van der Waals surface area contributed by atoms with Crippen molar-refractivity contribution in [1.29, 1.82) is 0 Å². The lowest BCUT2D eigenvalue weighted by atomic mass is 9.98. The van der Waals surface area contributed by atoms with E-state index in [0.717, 1.165) is 33.1 Å². The Morgan fingerprint density at radius 3 is 2.77 bits per heavy atom. The zero-order chi connectivity index (χ0) is 18.6. The maximum Gasteiger partial charge on any atom is 0.257 e. The SMILES string of the molecule is COc1ccc2[nH]c3c(C)cc4c(c3c2c1)C(=O)N(CCN(C)C)C4O. The Kier molecular flexibility index (Phi) is 3.89. The van der Waals surface area contributed by atoms with Crippen molar-refractivity contribution < 1.29 is 14.6 Å². The fraction of sp³-hybridized carbons (Fsp3) is 0.350. The highest BCUT2D eigenvalue weighted by molar-refractivity contribution is 6.20. The van der Waals surface area contributed by atoms with Gasteiger partial charge in [-0.3, -0.25) is 4.79 Å². The van der Waals surface area contributed by atoms with Gasteiger partial charge in [0.25, 0.3) is 5.91 Å². The van der Waals surface area contributed by atoms with E-state index < -0.39 is 6.23 Å². The van der Waals surface area contributed by atoms with Crippen LogP contribution in [0.15, 0.2) is 24.3 Å². The lowest BCUT2D eigenvalue weighted by Crippen LogP contribution is -2.34. The quantitative estimate of drug-likeness (QED) is 0.757. The van der Waals surface area contributed by atoms with Crippen molar-refractivity contribution in [2.24, 2.45) is 0 Å². The van der Waals surface area contributed by atoms with Crippen LogP contribution in [0.5, 0.6) is 5.75 Å². The van der Waals surface area contributed by atoms with Crippen LogP contribution in [0.2, 0.25) is 0 Å². The van der Waals surface area contributed by atoms with E-state index in [1.165, 1.54) is 0 Å². The third-order valence-electron chi connectivity index (χ3n) is 5.15. The molecular weight excluding hydrogens is 330 g/mol. The molecular formula is C20H23N3O3. The molecule has 1 atom stereocenters. The fourth-order valence-corrected chi connectivity index (χ4v) is 3.76. The number of carbonyl (C=O) groups excluding carboxylic acids is 1. The summed E-state index contributed by atoms with van der Waals surface area (Å²) in [6.45, 7) is 3.17. The van der Waals surface area contributed by atoms with Gasteiger partial charge in [0.05, 0.1) is 18.2 Å². The Morgan fingerprint density at radius 1 is 1.31 bits per heavy atom. The van der Waals surface area contributed by atoms with Crippen molar-refractivity contribution >= 4 is 27.7 Å². The number of hydrogen-bond donors (Lipinski definition) is 2. The minimum atomic E-state index is -0.906. The molecule has 1 aromatic heterocycles. The van der Waals surface area contributed by atoms with E-state index in [0.29, 0.717) is 24.2 Å². The van der Waals surface area contributed by atoms with E-state index in [1.807, 2.05) is 50.2 Å². The van der Waals surface area contributed by atoms with Crippen molar-refractivity contribution in [2.45, 2.75) is 13.2 Å². The highest BCUT2D eigenvalue weighted by atomic mass is 16.5. The zero-order valence-corrected chi connectivity index (χ0v) is 15.5. The van der Waals surface area contributed by atoms with Crippen LogP contribution in [0.25, 0.3) is 21.8 Å². The van der Waals surface area contributed by atoms with Crippen LogP contribution in [-0.4, -0.2) is 60.1 Å². The summed E-state index contributed by atoms with van der Waals surface area (Å²) in [5.74, 6) is 0.618. The number of aryl methyl sites for hydroxylation is 1. The van der Waals surface area contributed by atoms with Gasteiger partial charge in [-0.05, 0) is 50.8 Å². The number of hydrogen-bond acceptors (Lipinski definition) is 4. The van der Waals surface area contributed by atoms with Gasteiger partial charge in [-0.15, -0.1) is 0 Å². The van der Waals surface area contributed by atoms with Gasteiger partial charge in [0, 0.05) is 34.9 Å². The second-order valence-electron chi connectivity index (χ2n) is 7.12. The van der Waals surface area contributed by atoms with Gasteiger partial charge >= 0.3 is 0 Å². The van der Waals surface area contributed by atoms with Gasteiger partial charge < -0.3 is 24.6 Å². The average Bonchev–Trinajstić information content (AvgIpc) is 3.09. The van der Waals surface area contributed by atoms with Crippen LogP contribution < -0.4 is 4.74 Å². The summed E-state index contributed by atoms with van der Waals surface area (Å²) in [4.78, 5) is 20.1. The maximum atomic E-state index is 13.1. The number of aromatic amines is 1. The lowest BCUT2D eigenvalue weighted by molar-refractivity contribution is 0.0154. The number of aliphatic hydroxyl groups is 1. The number of methoxy groups -OCH3 is 1. The molecule has 26 heavy (non-hydrogen) atoms. The number of rotatable bonds is 4. The Hall–Kier alpha value is -2.57. The van der Waals surface area contributed by atoms with Crippen molar-refractivity contribution in [1.82, 2.24) is 14.8 Å². The van der Waals surface area contributed by atoms with Crippen LogP contribution in [0.3, 0.4) is 0 Å². The van der Waals surface area contributed by atoms with Gasteiger partial charge in [0.1, 0.15) is 5.75 Å². The molecule has 0 spiro atoms. The van der Waals surface area contributed by atoms with Crippen molar-refractivity contribution in [3.8, 4) is 5.75 Å². The molecule has 3 aromatic rings. The summed E-state index contributed by atoms with van der Waals surface area (Å²) < 4.78 is 5.36. The highest BCUT2D eigenvalue weighted by Gasteiger charge is 2.38. The Morgan fingerprint density at radius 2 is 2.08 bits per heavy atom. The molecule has 1 aliphatic rings. The summed E-state index contributed by atoms with van der Waals surface area (Å²) in [6.07, 6.45) is -0.906. The lowest BCUT2D eigenvalue weighted by Gasteiger charge is -2.22. The summed E-state index contributed by atoms with van der Waals surface area (Å²) in [5, 5.41) is 12.6. The number of aliphatic hydroxyl groups excluding tert-OH is 1. The minimum Gasteiger partial charge on any atom is -0.497 e. The van der Waals surface area contributed by atoms with Gasteiger partial charge in [0.15, 0.2) is 6.23 Å². The van der Waals surface area contributed by atoms with E-state index in [2.05, 4.69) is 4.98 Å². The topological polar surface area (TPSA) is 68.8 Å². The number of nitrogens with one attached hydrogen (secondary N) is 1. The number of benzene rings is 2. The number of amides is 1. The molecule has 1 aliphatic heterocycles. The first-order valence-electron chi connectivity index (χ1n) is 8.69. The normalized spacial score (nSPS) is 16.9. The Balaban J connectivity index is 1.96. The van der Waals surface area contributed by atoms with Gasteiger partial charge in [-0.25, -0.2) is 0 Å². The molecule has 136 valence electrons. The molecule has 2 N–H and O–H groups in total. The molecule has 2 aromatic carbocycles. The second kappa shape index (κ2) is 6.00. The van der Waals surface area contributed by atoms with Crippen LogP contribution in [-0.2, 0) is 0 Å². The molecule has 0 fully saturated rings. The molecule has 0 saturated carbocycles. The smallest absolute Gasteiger partial charge is 0.257 e. The summed E-state index contributed by atoms with van der Waals surface area (Å²) in [5.41, 5.74) is 4.17. The van der Waals surface area contributed by atoms with Gasteiger partial charge in [-0.1, -0.05) is 0 Å². The number of fused-ring (bicyclic) bond motifs is 5. The zero-order valence-electron chi connectivity index (χ0n) is 15.5. The van der Waals surface area contributed by atoms with Crippen molar-refractivity contribution in [3.63, 3.8) is 0 Å². The minimum absolute atomic E-state index is 0.122. The van der Waals surface area contributed by atoms with E-state index in [1.54, 1.807) is 12.0 Å². The predicted octanol–water partition coefficient (Wildman–Crippen LogP) is 2.65. The molecule has 6 heteroatoms. The summed E-state index contributed by atoms with van der Waals surface area (Å²) >= 11 is 0. The first-order chi connectivity index (χ1) is 12.4. The molecule has 0 saturated heterocycles. The molecule has 2 heterocycles. The number of carbonyl (C=O) groups is 1. The van der Waals surface area contributed by atoms with Crippen molar-refractivity contribution in [3.05, 3.63) is 41.0 Å². The molecule has 1 unspecified atom stereocenters. The Labute approximate surface area is 152 Å². The molecule has 6 nitrogen and oxygen atoms in total. The monoisotopic (exact) mass is 353 g/mol. The van der Waals surface area contributed by atoms with E-state index in [4.69, 9.17) is 4.74 Å². The molecule has 1 amide bonds. The number of H-pyrrole nitrogens is 1. The molecule has 0 bridgehead atoms. The third kappa shape index (κ3) is 2.37. The van der Waals surface area contributed by atoms with E-state index in [9.17, 15) is 9.90 Å². The van der Waals surface area contributed by atoms with Crippen LogP contribution in [0.4, 0.5) is 0 Å². The standard InChI is InChI=1S/C20H23N3O3/c1-11-9-14-17(20(25)23(19(14)24)8-7-22(2)3)16-13-10-12(26-4)5-6-15(13)21-18(11)16/h5-6,9-10,19,21,24H,7-8H2,1-4H3. The number of ether oxygens (including phenoxy) is 1. The first-order valence-corrected chi connectivity index (χ1v) is 8.69. The Bertz CT molecular complexity index is 1020. The van der Waals surface area contributed by atoms with Crippen molar-refractivity contribution in [2.75, 3.05) is 34.3 Å². The second-order valence-corrected chi connectivity index (χ2v) is 7.12. The fourth-order valence-electron chi connectivity index (χ4n) is 3.76. The summed E-state index contributed by atoms with van der Waals surface area (Å²) in [6, 6.07) is 7.71. The van der Waals surface area contributed by atoms with Gasteiger partial charge in [0.2, 0.25) is 0 Å². The number of likely N-dealkylation sites (N-methyl/N-ethyl adjacent to an activating group) is 1. The van der Waals surface area contributed by atoms with Crippen LogP contribution in [0, 0.1) is 6.92 Å². The van der Waals surface area contributed by atoms with Gasteiger partial charge in [-0.2, -0.15) is 0 Å². The predicted molar refractivity (Wildman–Crippen MR) is 102 cm³/mol. The molecule has 4 rings (SSSR count). The molecule has 0 radical (unpaired) electrons. The van der Waals surface area contributed by atoms with E-state index in [-0.39, 0.29) is 5.91 Å². The number of aromatic nitrogens is 1.